The van der Waals surface area contributed by atoms with E-state index >= 15 is 0 Å². The number of hydrogen-bond acceptors (Lipinski definition) is 6. The van der Waals surface area contributed by atoms with Gasteiger partial charge in [-0.25, -0.2) is 0 Å². The monoisotopic (exact) mass is 272 g/mol. The Morgan fingerprint density at radius 1 is 1.56 bits per heavy atom. The third kappa shape index (κ3) is 4.32. The molecule has 1 amide bonds. The van der Waals surface area contributed by atoms with Crippen molar-refractivity contribution in [3.05, 3.63) is 10.6 Å². The topological polar surface area (TPSA) is 78.3 Å². The molecule has 102 valence electrons. The van der Waals surface area contributed by atoms with Gasteiger partial charge in [-0.2, -0.15) is 0 Å². The summed E-state index contributed by atoms with van der Waals surface area (Å²) in [6, 6.07) is 0. The average molecular weight is 272 g/mol. The molecule has 0 saturated carbocycles. The molecular formula is C11H20N4O2S. The highest BCUT2D eigenvalue weighted by Crippen LogP contribution is 2.11. The number of carbonyl (C=O) groups is 1. The molecule has 0 aliphatic heterocycles. The minimum absolute atomic E-state index is 0.199. The van der Waals surface area contributed by atoms with Crippen molar-refractivity contribution in [1.29, 1.82) is 0 Å². The smallest absolute Gasteiger partial charge is 0.265 e. The molecular weight excluding hydrogens is 252 g/mol. The van der Waals surface area contributed by atoms with Gasteiger partial charge in [0.2, 0.25) is 0 Å². The highest BCUT2D eigenvalue weighted by molar-refractivity contribution is 7.08. The third-order valence-corrected chi connectivity index (χ3v) is 3.15. The maximum absolute atomic E-state index is 11.9. The molecule has 18 heavy (non-hydrogen) atoms. The summed E-state index contributed by atoms with van der Waals surface area (Å²) >= 11 is 1.08. The normalized spacial score (nSPS) is 14.6. The van der Waals surface area contributed by atoms with E-state index in [2.05, 4.69) is 14.9 Å². The lowest BCUT2D eigenvalue weighted by atomic mass is 10.1. The molecule has 0 saturated heterocycles. The van der Waals surface area contributed by atoms with Crippen molar-refractivity contribution in [2.24, 2.45) is 0 Å². The Kier molecular flexibility index (Phi) is 5.18. The van der Waals surface area contributed by atoms with Crippen LogP contribution in [0.1, 0.15) is 29.2 Å². The lowest BCUT2D eigenvalue weighted by Crippen LogP contribution is -2.47. The third-order valence-electron chi connectivity index (χ3n) is 2.38. The zero-order chi connectivity index (χ0) is 13.8. The minimum Gasteiger partial charge on any atom is -0.387 e. The summed E-state index contributed by atoms with van der Waals surface area (Å²) < 4.78 is 3.77. The van der Waals surface area contributed by atoms with E-state index < -0.39 is 5.60 Å². The average Bonchev–Trinajstić information content (AvgIpc) is 2.72. The summed E-state index contributed by atoms with van der Waals surface area (Å²) in [6.07, 6.45) is 0.674. The van der Waals surface area contributed by atoms with Crippen LogP contribution in [0, 0.1) is 0 Å². The molecule has 1 rings (SSSR count). The number of nitrogens with one attached hydrogen (secondary N) is 1. The van der Waals surface area contributed by atoms with Gasteiger partial charge in [0.05, 0.1) is 11.3 Å². The van der Waals surface area contributed by atoms with E-state index in [0.29, 0.717) is 23.5 Å². The van der Waals surface area contributed by atoms with Gasteiger partial charge in [0.25, 0.3) is 5.91 Å². The molecule has 0 radical (unpaired) electrons. The van der Waals surface area contributed by atoms with Gasteiger partial charge in [-0.3, -0.25) is 4.79 Å². The Morgan fingerprint density at radius 2 is 2.22 bits per heavy atom. The molecule has 1 heterocycles. The Bertz CT molecular complexity index is 404. The quantitative estimate of drug-likeness (QED) is 0.770. The van der Waals surface area contributed by atoms with E-state index in [0.717, 1.165) is 11.5 Å². The fourth-order valence-corrected chi connectivity index (χ4v) is 2.37. The SMILES string of the molecule is CCc1nnsc1C(=O)NCC(C)(O)CN(C)C. The van der Waals surface area contributed by atoms with Crippen LogP contribution in [0.4, 0.5) is 0 Å². The van der Waals surface area contributed by atoms with Gasteiger partial charge in [0, 0.05) is 13.1 Å². The zero-order valence-corrected chi connectivity index (χ0v) is 12.0. The molecule has 1 aromatic heterocycles. The summed E-state index contributed by atoms with van der Waals surface area (Å²) in [5.41, 5.74) is -0.256. The van der Waals surface area contributed by atoms with Gasteiger partial charge < -0.3 is 15.3 Å². The molecule has 2 N–H and O–H groups in total. The highest BCUT2D eigenvalue weighted by Gasteiger charge is 2.23. The Balaban J connectivity index is 2.56. The molecule has 0 spiro atoms. The molecule has 0 fully saturated rings. The van der Waals surface area contributed by atoms with Crippen molar-refractivity contribution in [1.82, 2.24) is 19.8 Å². The Hall–Kier alpha value is -1.05. The number of aryl methyl sites for hydroxylation is 1. The lowest BCUT2D eigenvalue weighted by molar-refractivity contribution is 0.0326. The second kappa shape index (κ2) is 6.21. The fourth-order valence-electron chi connectivity index (χ4n) is 1.70. The summed E-state index contributed by atoms with van der Waals surface area (Å²) in [6.45, 7) is 4.30. The van der Waals surface area contributed by atoms with Crippen molar-refractivity contribution < 1.29 is 9.90 Å². The number of hydrogen-bond donors (Lipinski definition) is 2. The largest absolute Gasteiger partial charge is 0.387 e. The van der Waals surface area contributed by atoms with E-state index in [9.17, 15) is 9.90 Å². The molecule has 1 atom stereocenters. The van der Waals surface area contributed by atoms with Gasteiger partial charge in [0.1, 0.15) is 4.88 Å². The van der Waals surface area contributed by atoms with Crippen LogP contribution in [-0.2, 0) is 6.42 Å². The van der Waals surface area contributed by atoms with Gasteiger partial charge in [-0.1, -0.05) is 11.4 Å². The summed E-state index contributed by atoms with van der Waals surface area (Å²) in [5, 5.41) is 16.7. The van der Waals surface area contributed by atoms with Crippen molar-refractivity contribution in [2.45, 2.75) is 25.9 Å². The van der Waals surface area contributed by atoms with Crippen LogP contribution in [-0.4, -0.2) is 58.3 Å². The molecule has 0 aliphatic rings. The Morgan fingerprint density at radius 3 is 2.78 bits per heavy atom. The molecule has 0 bridgehead atoms. The summed E-state index contributed by atoms with van der Waals surface area (Å²) in [5.74, 6) is -0.221. The summed E-state index contributed by atoms with van der Waals surface area (Å²) in [4.78, 5) is 14.3. The highest BCUT2D eigenvalue weighted by atomic mass is 32.1. The predicted molar refractivity (Wildman–Crippen MR) is 70.8 cm³/mol. The maximum Gasteiger partial charge on any atom is 0.265 e. The number of carbonyl (C=O) groups excluding carboxylic acids is 1. The second-order valence-electron chi connectivity index (χ2n) is 4.82. The molecule has 1 unspecified atom stereocenters. The first-order valence-electron chi connectivity index (χ1n) is 5.82. The maximum atomic E-state index is 11.9. The van der Waals surface area contributed by atoms with E-state index in [4.69, 9.17) is 0 Å². The number of aromatic nitrogens is 2. The van der Waals surface area contributed by atoms with Crippen molar-refractivity contribution in [3.63, 3.8) is 0 Å². The van der Waals surface area contributed by atoms with E-state index in [1.165, 1.54) is 0 Å². The van der Waals surface area contributed by atoms with Gasteiger partial charge in [-0.15, -0.1) is 5.10 Å². The van der Waals surface area contributed by atoms with E-state index in [-0.39, 0.29) is 12.5 Å². The zero-order valence-electron chi connectivity index (χ0n) is 11.2. The van der Waals surface area contributed by atoms with E-state index in [1.54, 1.807) is 6.92 Å². The first-order chi connectivity index (χ1) is 8.35. The van der Waals surface area contributed by atoms with Crippen LogP contribution in [0.5, 0.6) is 0 Å². The molecule has 7 heteroatoms. The molecule has 0 aliphatic carbocycles. The van der Waals surface area contributed by atoms with Crippen molar-refractivity contribution >= 4 is 17.4 Å². The van der Waals surface area contributed by atoms with Crippen molar-refractivity contribution in [2.75, 3.05) is 27.2 Å². The molecule has 1 aromatic rings. The number of amides is 1. The first kappa shape index (κ1) is 15.0. The van der Waals surface area contributed by atoms with Crippen molar-refractivity contribution in [3.8, 4) is 0 Å². The van der Waals surface area contributed by atoms with Crippen LogP contribution in [0.25, 0.3) is 0 Å². The van der Waals surface area contributed by atoms with Crippen LogP contribution in [0.3, 0.4) is 0 Å². The number of likely N-dealkylation sites (N-methyl/N-ethyl adjacent to an activating group) is 1. The number of aliphatic hydroxyl groups is 1. The fraction of sp³-hybridized carbons (Fsp3) is 0.727. The number of rotatable bonds is 6. The van der Waals surface area contributed by atoms with Crippen LogP contribution in [0.2, 0.25) is 0 Å². The molecule has 6 nitrogen and oxygen atoms in total. The van der Waals surface area contributed by atoms with Gasteiger partial charge in [0.15, 0.2) is 0 Å². The minimum atomic E-state index is -0.955. The van der Waals surface area contributed by atoms with Crippen LogP contribution >= 0.6 is 11.5 Å². The first-order valence-corrected chi connectivity index (χ1v) is 6.59. The van der Waals surface area contributed by atoms with E-state index in [1.807, 2.05) is 25.9 Å². The lowest BCUT2D eigenvalue weighted by Gasteiger charge is -2.26. The predicted octanol–water partition coefficient (Wildman–Crippen LogP) is 0.143. The second-order valence-corrected chi connectivity index (χ2v) is 5.57. The van der Waals surface area contributed by atoms with Gasteiger partial charge in [-0.05, 0) is 39.0 Å². The molecule has 0 aromatic carbocycles. The van der Waals surface area contributed by atoms with Crippen LogP contribution < -0.4 is 5.32 Å². The van der Waals surface area contributed by atoms with Crippen LogP contribution in [0.15, 0.2) is 0 Å². The standard InChI is InChI=1S/C11H20N4O2S/c1-5-8-9(18-14-13-8)10(16)12-6-11(2,17)7-15(3)4/h17H,5-7H2,1-4H3,(H,12,16). The van der Waals surface area contributed by atoms with Gasteiger partial charge >= 0.3 is 0 Å². The Labute approximate surface area is 111 Å². The summed E-state index contributed by atoms with van der Waals surface area (Å²) in [7, 11) is 3.75. The number of nitrogens with zero attached hydrogens (tertiary/aromatic N) is 3.